The Balaban J connectivity index is 2.39. The summed E-state index contributed by atoms with van der Waals surface area (Å²) in [6, 6.07) is 18.9. The molecule has 0 fully saturated rings. The van der Waals surface area contributed by atoms with Gasteiger partial charge in [-0.1, -0.05) is 116 Å². The van der Waals surface area contributed by atoms with Gasteiger partial charge in [0.25, 0.3) is 0 Å². The second-order valence-corrected chi connectivity index (χ2v) is 16.5. The lowest BCUT2D eigenvalue weighted by Crippen LogP contribution is -2.17. The van der Waals surface area contributed by atoms with Crippen LogP contribution in [0.4, 0.5) is 0 Å². The Morgan fingerprint density at radius 1 is 0.316 bits per heavy atom. The largest absolute Gasteiger partial charge is 0.248 e. The zero-order chi connectivity index (χ0) is 29.1. The maximum atomic E-state index is 5.38. The van der Waals surface area contributed by atoms with Crippen molar-refractivity contribution in [1.82, 2.24) is 4.98 Å². The molecular weight excluding hydrogens is 458 g/mol. The van der Waals surface area contributed by atoms with Crippen molar-refractivity contribution in [3.63, 3.8) is 0 Å². The maximum Gasteiger partial charge on any atom is 0.0712 e. The van der Waals surface area contributed by atoms with Crippen LogP contribution in [0.2, 0.25) is 0 Å². The molecule has 0 spiro atoms. The van der Waals surface area contributed by atoms with Crippen LogP contribution in [0.5, 0.6) is 0 Å². The zero-order valence-corrected chi connectivity index (χ0v) is 27.1. The van der Waals surface area contributed by atoms with Crippen molar-refractivity contribution >= 4 is 0 Å². The first-order valence-electron chi connectivity index (χ1n) is 14.3. The van der Waals surface area contributed by atoms with Gasteiger partial charge in [0.2, 0.25) is 0 Å². The average molecular weight is 512 g/mol. The van der Waals surface area contributed by atoms with E-state index < -0.39 is 0 Å². The van der Waals surface area contributed by atoms with Crippen LogP contribution in [0.15, 0.2) is 48.5 Å². The number of benzene rings is 2. The first-order chi connectivity index (χ1) is 17.0. The van der Waals surface area contributed by atoms with Gasteiger partial charge in [-0.2, -0.15) is 0 Å². The fourth-order valence-electron chi connectivity index (χ4n) is 4.54. The average Bonchev–Trinajstić information content (AvgIpc) is 2.75. The van der Waals surface area contributed by atoms with Crippen molar-refractivity contribution in [3.05, 3.63) is 76.3 Å². The third-order valence-electron chi connectivity index (χ3n) is 7.61. The minimum atomic E-state index is 0.00935. The van der Waals surface area contributed by atoms with Gasteiger partial charge in [-0.05, 0) is 91.3 Å². The van der Waals surface area contributed by atoms with Gasteiger partial charge in [0.1, 0.15) is 0 Å². The fourth-order valence-corrected chi connectivity index (χ4v) is 4.54. The van der Waals surface area contributed by atoms with Gasteiger partial charge in [-0.15, -0.1) is 0 Å². The van der Waals surface area contributed by atoms with E-state index in [1.165, 1.54) is 38.9 Å². The summed E-state index contributed by atoms with van der Waals surface area (Å²) >= 11 is 0. The molecule has 1 heteroatoms. The molecule has 0 amide bonds. The smallest absolute Gasteiger partial charge is 0.0712 e. The van der Waals surface area contributed by atoms with Gasteiger partial charge >= 0.3 is 0 Å². The maximum absolute atomic E-state index is 5.38. The van der Waals surface area contributed by atoms with Crippen molar-refractivity contribution < 1.29 is 0 Å². The third-order valence-corrected chi connectivity index (χ3v) is 7.61. The summed E-state index contributed by atoms with van der Waals surface area (Å²) in [4.78, 5) is 5.38. The number of hydrogen-bond donors (Lipinski definition) is 0. The van der Waals surface area contributed by atoms with E-state index in [4.69, 9.17) is 4.98 Å². The first-order valence-corrected chi connectivity index (χ1v) is 14.3. The second kappa shape index (κ2) is 9.65. The molecule has 1 nitrogen and oxygen atoms in total. The lowest BCUT2D eigenvalue weighted by atomic mass is 9.78. The first kappa shape index (κ1) is 30.1. The Morgan fingerprint density at radius 3 is 0.737 bits per heavy atom. The molecule has 0 saturated heterocycles. The quantitative estimate of drug-likeness (QED) is 0.333. The highest BCUT2D eigenvalue weighted by atomic mass is 14.7. The number of rotatable bonds is 2. The molecule has 0 aliphatic heterocycles. The summed E-state index contributed by atoms with van der Waals surface area (Å²) < 4.78 is 0. The van der Waals surface area contributed by atoms with Gasteiger partial charge in [-0.25, -0.2) is 4.98 Å². The number of pyridine rings is 1. The monoisotopic (exact) mass is 511 g/mol. The van der Waals surface area contributed by atoms with E-state index in [0.717, 1.165) is 11.4 Å². The molecule has 0 unspecified atom stereocenters. The van der Waals surface area contributed by atoms with E-state index >= 15 is 0 Å². The van der Waals surface area contributed by atoms with Crippen molar-refractivity contribution in [2.45, 2.75) is 131 Å². The van der Waals surface area contributed by atoms with Gasteiger partial charge in [0.15, 0.2) is 0 Å². The van der Waals surface area contributed by atoms with Crippen LogP contribution in [0, 0.1) is 0 Å². The number of aromatic nitrogens is 1. The molecule has 0 atom stereocenters. The van der Waals surface area contributed by atoms with Gasteiger partial charge in [-0.3, -0.25) is 0 Å². The predicted octanol–water partition coefficient (Wildman–Crippen LogP) is 10.9. The van der Waals surface area contributed by atoms with Crippen LogP contribution in [-0.2, 0) is 27.1 Å². The lowest BCUT2D eigenvalue weighted by Gasteiger charge is -2.28. The molecule has 0 aliphatic rings. The minimum Gasteiger partial charge on any atom is -0.248 e. The molecule has 38 heavy (non-hydrogen) atoms. The Morgan fingerprint density at radius 2 is 0.526 bits per heavy atom. The molecule has 1 heterocycles. The fraction of sp³-hybridized carbons (Fsp3) is 0.541. The van der Waals surface area contributed by atoms with Crippen LogP contribution in [0.1, 0.15) is 132 Å². The predicted molar refractivity (Wildman–Crippen MR) is 169 cm³/mol. The van der Waals surface area contributed by atoms with Crippen LogP contribution in [0.3, 0.4) is 0 Å². The highest BCUT2D eigenvalue weighted by Crippen LogP contribution is 2.38. The van der Waals surface area contributed by atoms with Crippen LogP contribution in [0.25, 0.3) is 22.5 Å². The third kappa shape index (κ3) is 6.96. The normalized spacial score (nSPS) is 13.7. The summed E-state index contributed by atoms with van der Waals surface area (Å²) in [5, 5.41) is 0. The SMILES string of the molecule is CC(C)(C)c1cc(-c2cc(C(C)(C)C)cc(-c3cc(C(C)(C)C)cc(C(C)(C)C)c3)n2)cc(C(C)(C)C)c1. The molecule has 3 aromatic rings. The highest BCUT2D eigenvalue weighted by Gasteiger charge is 2.25. The molecule has 2 aromatic carbocycles. The van der Waals surface area contributed by atoms with E-state index in [1.807, 2.05) is 0 Å². The minimum absolute atomic E-state index is 0.00935. The van der Waals surface area contributed by atoms with Gasteiger partial charge in [0.05, 0.1) is 11.4 Å². The molecule has 206 valence electrons. The van der Waals surface area contributed by atoms with E-state index in [0.29, 0.717) is 0 Å². The van der Waals surface area contributed by atoms with E-state index in [1.54, 1.807) is 0 Å². The Labute approximate surface area is 234 Å². The van der Waals surface area contributed by atoms with Crippen LogP contribution < -0.4 is 0 Å². The van der Waals surface area contributed by atoms with Gasteiger partial charge in [0, 0.05) is 11.1 Å². The topological polar surface area (TPSA) is 12.9 Å². The summed E-state index contributed by atoms with van der Waals surface area (Å²) in [6.07, 6.45) is 0. The van der Waals surface area contributed by atoms with Crippen molar-refractivity contribution in [3.8, 4) is 22.5 Å². The van der Waals surface area contributed by atoms with Crippen LogP contribution >= 0.6 is 0 Å². The van der Waals surface area contributed by atoms with E-state index in [-0.39, 0.29) is 27.1 Å². The Kier molecular flexibility index (Phi) is 7.65. The number of nitrogens with zero attached hydrogens (tertiary/aromatic N) is 1. The summed E-state index contributed by atoms with van der Waals surface area (Å²) in [7, 11) is 0. The Bertz CT molecular complexity index is 1150. The standard InChI is InChI=1S/C37H53N/c1-33(2,3)26-16-24(17-27(20-26)34(4,5)6)31-22-30(37(13,14)15)23-32(38-31)25-18-28(35(7,8)9)21-29(19-25)36(10,11)12/h16-23H,1-15H3. The van der Waals surface area contributed by atoms with Crippen molar-refractivity contribution in [2.24, 2.45) is 0 Å². The highest BCUT2D eigenvalue weighted by molar-refractivity contribution is 5.70. The molecule has 0 bridgehead atoms. The van der Waals surface area contributed by atoms with E-state index in [2.05, 4.69) is 152 Å². The number of hydrogen-bond acceptors (Lipinski definition) is 1. The van der Waals surface area contributed by atoms with Crippen molar-refractivity contribution in [1.29, 1.82) is 0 Å². The summed E-state index contributed by atoms with van der Waals surface area (Å²) in [6.45, 7) is 34.5. The lowest BCUT2D eigenvalue weighted by molar-refractivity contribution is 0.568. The summed E-state index contributed by atoms with van der Waals surface area (Å²) in [5.74, 6) is 0. The van der Waals surface area contributed by atoms with Crippen molar-refractivity contribution in [2.75, 3.05) is 0 Å². The molecule has 0 saturated carbocycles. The molecule has 1 aromatic heterocycles. The molecular formula is C37H53N. The molecule has 0 radical (unpaired) electrons. The van der Waals surface area contributed by atoms with E-state index in [9.17, 15) is 0 Å². The zero-order valence-electron chi connectivity index (χ0n) is 27.1. The Hall–Kier alpha value is -2.41. The second-order valence-electron chi connectivity index (χ2n) is 16.5. The van der Waals surface area contributed by atoms with Crippen LogP contribution in [-0.4, -0.2) is 4.98 Å². The van der Waals surface area contributed by atoms with Gasteiger partial charge < -0.3 is 0 Å². The molecule has 3 rings (SSSR count). The molecule has 0 aliphatic carbocycles. The molecule has 0 N–H and O–H groups in total. The summed E-state index contributed by atoms with van der Waals surface area (Å²) in [5.41, 5.74) is 11.5.